The van der Waals surface area contributed by atoms with Gasteiger partial charge in [0.1, 0.15) is 0 Å². The van der Waals surface area contributed by atoms with Crippen LogP contribution in [0.15, 0.2) is 29.2 Å². The van der Waals surface area contributed by atoms with Gasteiger partial charge >= 0.3 is 0 Å². The van der Waals surface area contributed by atoms with Crippen LogP contribution < -0.4 is 15.6 Å². The third-order valence-corrected chi connectivity index (χ3v) is 8.54. The van der Waals surface area contributed by atoms with Crippen LogP contribution in [0, 0.1) is 10.5 Å². The Morgan fingerprint density at radius 2 is 2.03 bits per heavy atom. The van der Waals surface area contributed by atoms with E-state index in [0.717, 1.165) is 3.57 Å². The van der Waals surface area contributed by atoms with Gasteiger partial charge in [-0.15, -0.1) is 0 Å². The highest BCUT2D eigenvalue weighted by atomic mass is 127. The average molecular weight is 552 g/mol. The van der Waals surface area contributed by atoms with Gasteiger partial charge in [0.15, 0.2) is 0 Å². The van der Waals surface area contributed by atoms with Crippen molar-refractivity contribution in [1.29, 1.82) is 0 Å². The second kappa shape index (κ2) is 8.54. The van der Waals surface area contributed by atoms with E-state index in [2.05, 4.69) is 32.6 Å². The molecule has 0 bridgehead atoms. The molecule has 1 fully saturated rings. The first-order valence-electron chi connectivity index (χ1n) is 9.11. The van der Waals surface area contributed by atoms with E-state index < -0.39 is 14.8 Å². The predicted octanol–water partition coefficient (Wildman–Crippen LogP) is 3.03. The van der Waals surface area contributed by atoms with Crippen molar-refractivity contribution in [2.45, 2.75) is 37.5 Å². The van der Waals surface area contributed by atoms with Gasteiger partial charge < -0.3 is 15.0 Å². The molecular weight excluding hydrogens is 529 g/mol. The van der Waals surface area contributed by atoms with Crippen LogP contribution in [0.4, 0.5) is 11.4 Å². The lowest BCUT2D eigenvalue weighted by Gasteiger charge is -2.20. The van der Waals surface area contributed by atoms with Gasteiger partial charge in [-0.1, -0.05) is 11.6 Å². The maximum absolute atomic E-state index is 12.7. The number of aliphatic hydroxyl groups excluding tert-OH is 1. The van der Waals surface area contributed by atoms with E-state index in [1.807, 2.05) is 12.1 Å². The second-order valence-corrected chi connectivity index (χ2v) is 11.1. The smallest absolute Gasteiger partial charge is 0.255 e. The maximum atomic E-state index is 12.7. The predicted molar refractivity (Wildman–Crippen MR) is 123 cm³/mol. The zero-order valence-electron chi connectivity index (χ0n) is 16.1. The molecule has 0 saturated heterocycles. The Morgan fingerprint density at radius 3 is 2.62 bits per heavy atom. The maximum Gasteiger partial charge on any atom is 0.255 e. The van der Waals surface area contributed by atoms with Gasteiger partial charge in [-0.3, -0.25) is 4.79 Å². The Kier molecular flexibility index (Phi) is 6.64. The summed E-state index contributed by atoms with van der Waals surface area (Å²) in [6, 6.07) is 5.50. The molecule has 1 aromatic heterocycles. The summed E-state index contributed by atoms with van der Waals surface area (Å²) in [5.41, 5.74) is 2.08. The molecule has 10 heteroatoms. The normalized spacial score (nSPS) is 15.3. The quantitative estimate of drug-likeness (QED) is 0.438. The van der Waals surface area contributed by atoms with Crippen LogP contribution in [0.25, 0.3) is 0 Å². The van der Waals surface area contributed by atoms with Crippen molar-refractivity contribution in [2.75, 3.05) is 11.9 Å². The number of hydrogen-bond acceptors (Lipinski definition) is 5. The molecule has 3 rings (SSSR count). The van der Waals surface area contributed by atoms with Crippen LogP contribution in [0.3, 0.4) is 0 Å². The Bertz CT molecular complexity index is 1100. The number of rotatable bonds is 8. The zero-order chi connectivity index (χ0) is 21.4. The number of halogens is 2. The lowest BCUT2D eigenvalue weighted by molar-refractivity contribution is 0.282. The molecule has 7 nitrogen and oxygen atoms in total. The molecule has 0 amide bonds. The van der Waals surface area contributed by atoms with Crippen molar-refractivity contribution < 1.29 is 13.5 Å². The average Bonchev–Trinajstić information content (AvgIpc) is 3.44. The first-order valence-corrected chi connectivity index (χ1v) is 12.1. The lowest BCUT2D eigenvalue weighted by atomic mass is 10.1. The number of nitrogens with zero attached hydrogens (tertiary/aromatic N) is 1. The Hall–Kier alpha value is -1.14. The molecule has 3 N–H and O–H groups in total. The van der Waals surface area contributed by atoms with E-state index >= 15 is 0 Å². The lowest BCUT2D eigenvalue weighted by Crippen LogP contribution is -2.37. The first kappa shape index (κ1) is 22.5. The first-order chi connectivity index (χ1) is 13.6. The van der Waals surface area contributed by atoms with Crippen LogP contribution in [0.5, 0.6) is 0 Å². The number of benzene rings is 1. The number of sulfonamides is 1. The minimum absolute atomic E-state index is 0.0226. The summed E-state index contributed by atoms with van der Waals surface area (Å²) >= 11 is 8.48. The molecule has 1 saturated carbocycles. The van der Waals surface area contributed by atoms with Gasteiger partial charge in [-0.2, -0.15) is 0 Å². The number of aryl methyl sites for hydroxylation is 1. The molecule has 1 aliphatic rings. The molecule has 0 unspecified atom stereocenters. The molecule has 1 aliphatic carbocycles. The molecule has 0 spiro atoms. The standard InChI is InChI=1S/C19H23ClIN3O4S/c1-12-17(23-16-4-3-14(21)9-15(16)20)13(11-24(2)18(12)26)10-22-29(27,28)19(5-6-19)7-8-25/h3-4,9,11,22-23,25H,5-8,10H2,1-2H3. The van der Waals surface area contributed by atoms with Gasteiger partial charge in [0.05, 0.1) is 21.1 Å². The van der Waals surface area contributed by atoms with E-state index in [1.54, 1.807) is 26.2 Å². The fourth-order valence-corrected chi connectivity index (χ4v) is 5.88. The summed E-state index contributed by atoms with van der Waals surface area (Å²) < 4.78 is 29.7. The highest BCUT2D eigenvalue weighted by molar-refractivity contribution is 14.1. The minimum Gasteiger partial charge on any atom is -0.396 e. The number of aromatic nitrogens is 1. The van der Waals surface area contributed by atoms with Crippen molar-refractivity contribution >= 4 is 55.6 Å². The number of aliphatic hydroxyl groups is 1. The van der Waals surface area contributed by atoms with Crippen molar-refractivity contribution in [3.63, 3.8) is 0 Å². The summed E-state index contributed by atoms with van der Waals surface area (Å²) in [6.07, 6.45) is 2.92. The molecule has 29 heavy (non-hydrogen) atoms. The largest absolute Gasteiger partial charge is 0.396 e. The fourth-order valence-electron chi connectivity index (χ4n) is 3.32. The molecule has 0 radical (unpaired) electrons. The third-order valence-electron chi connectivity index (χ3n) is 5.28. The molecule has 1 heterocycles. The summed E-state index contributed by atoms with van der Waals surface area (Å²) in [5.74, 6) is 0. The molecule has 1 aromatic carbocycles. The van der Waals surface area contributed by atoms with Gasteiger partial charge in [-0.25, -0.2) is 13.1 Å². The highest BCUT2D eigenvalue weighted by Crippen LogP contribution is 2.45. The number of nitrogens with one attached hydrogen (secondary N) is 2. The van der Waals surface area contributed by atoms with E-state index in [0.29, 0.717) is 40.4 Å². The van der Waals surface area contributed by atoms with Crippen molar-refractivity contribution in [3.8, 4) is 0 Å². The zero-order valence-corrected chi connectivity index (χ0v) is 19.9. The number of anilines is 2. The molecule has 158 valence electrons. The van der Waals surface area contributed by atoms with Gasteiger partial charge in [0, 0.05) is 41.1 Å². The SMILES string of the molecule is Cc1c(Nc2ccc(I)cc2Cl)c(CNS(=O)(=O)C2(CCO)CC2)cn(C)c1=O. The Morgan fingerprint density at radius 1 is 1.34 bits per heavy atom. The molecule has 0 atom stereocenters. The van der Waals surface area contributed by atoms with Crippen LogP contribution in [-0.4, -0.2) is 29.4 Å². The van der Waals surface area contributed by atoms with Crippen molar-refractivity contribution in [2.24, 2.45) is 7.05 Å². The topological polar surface area (TPSA) is 100 Å². The number of pyridine rings is 1. The van der Waals surface area contributed by atoms with Gasteiger partial charge in [-0.05, 0) is 67.0 Å². The monoisotopic (exact) mass is 551 g/mol. The van der Waals surface area contributed by atoms with Crippen LogP contribution in [-0.2, 0) is 23.6 Å². The number of hydrogen-bond donors (Lipinski definition) is 3. The third kappa shape index (κ3) is 4.63. The van der Waals surface area contributed by atoms with Crippen LogP contribution >= 0.6 is 34.2 Å². The van der Waals surface area contributed by atoms with Gasteiger partial charge in [0.2, 0.25) is 10.0 Å². The minimum atomic E-state index is -3.60. The van der Waals surface area contributed by atoms with E-state index in [4.69, 9.17) is 11.6 Å². The van der Waals surface area contributed by atoms with Crippen molar-refractivity contribution in [3.05, 3.63) is 54.5 Å². The summed E-state index contributed by atoms with van der Waals surface area (Å²) in [7, 11) is -1.97. The van der Waals surface area contributed by atoms with E-state index in [1.165, 1.54) is 4.57 Å². The van der Waals surface area contributed by atoms with E-state index in [-0.39, 0.29) is 25.1 Å². The fraction of sp³-hybridized carbons (Fsp3) is 0.421. The van der Waals surface area contributed by atoms with Gasteiger partial charge in [0.25, 0.3) is 5.56 Å². The summed E-state index contributed by atoms with van der Waals surface area (Å²) in [6.45, 7) is 1.55. The summed E-state index contributed by atoms with van der Waals surface area (Å²) in [5, 5.41) is 12.9. The van der Waals surface area contributed by atoms with E-state index in [9.17, 15) is 18.3 Å². The second-order valence-electron chi connectivity index (χ2n) is 7.30. The van der Waals surface area contributed by atoms with Crippen LogP contribution in [0.1, 0.15) is 30.4 Å². The van der Waals surface area contributed by atoms with Crippen molar-refractivity contribution in [1.82, 2.24) is 9.29 Å². The van der Waals surface area contributed by atoms with Crippen LogP contribution in [0.2, 0.25) is 5.02 Å². The molecule has 0 aliphatic heterocycles. The summed E-state index contributed by atoms with van der Waals surface area (Å²) in [4.78, 5) is 12.4. The highest BCUT2D eigenvalue weighted by Gasteiger charge is 2.53. The molecular formula is C19H23ClIN3O4S. The Balaban J connectivity index is 1.93. The molecule has 2 aromatic rings. The Labute approximate surface area is 188 Å².